The second-order valence-electron chi connectivity index (χ2n) is 5.85. The Morgan fingerprint density at radius 3 is 2.85 bits per heavy atom. The van der Waals surface area contributed by atoms with Crippen LogP contribution in [0.4, 0.5) is 0 Å². The number of rotatable bonds is 5. The number of Topliss-reactive ketones (excluding diaryl/α,β-unsaturated/α-hetero) is 1. The van der Waals surface area contributed by atoms with Crippen LogP contribution in [0.1, 0.15) is 22.4 Å². The van der Waals surface area contributed by atoms with Crippen LogP contribution in [0.2, 0.25) is 0 Å². The average Bonchev–Trinajstić information content (AvgIpc) is 3.27. The molecule has 0 amide bonds. The van der Waals surface area contributed by atoms with Gasteiger partial charge in [0.15, 0.2) is 10.9 Å². The van der Waals surface area contributed by atoms with E-state index in [-0.39, 0.29) is 23.6 Å². The molecular weight excluding hydrogens is 368 g/mol. The van der Waals surface area contributed by atoms with Crippen molar-refractivity contribution in [2.24, 2.45) is 0 Å². The smallest absolute Gasteiger partial charge is 0.263 e. The largest absolute Gasteiger partial charge is 0.453 e. The minimum Gasteiger partial charge on any atom is -0.453 e. The summed E-state index contributed by atoms with van der Waals surface area (Å²) in [5, 5.41) is 1.98. The van der Waals surface area contributed by atoms with Crippen LogP contribution in [0, 0.1) is 0 Å². The van der Waals surface area contributed by atoms with E-state index >= 15 is 0 Å². The van der Waals surface area contributed by atoms with Crippen LogP contribution in [-0.2, 0) is 13.0 Å². The van der Waals surface area contributed by atoms with E-state index in [0.717, 1.165) is 21.5 Å². The molecule has 0 unspecified atom stereocenters. The van der Waals surface area contributed by atoms with Gasteiger partial charge in [-0.2, -0.15) is 0 Å². The predicted molar refractivity (Wildman–Crippen MR) is 106 cm³/mol. The number of aromatic nitrogens is 2. The molecule has 4 aromatic rings. The van der Waals surface area contributed by atoms with Crippen molar-refractivity contribution in [3.05, 3.63) is 57.4 Å². The Bertz CT molecular complexity index is 1150. The average molecular weight is 384 g/mol. The Balaban J connectivity index is 1.76. The van der Waals surface area contributed by atoms with Gasteiger partial charge in [-0.25, -0.2) is 4.98 Å². The van der Waals surface area contributed by atoms with Crippen LogP contribution < -0.4 is 5.56 Å². The van der Waals surface area contributed by atoms with Gasteiger partial charge in [-0.3, -0.25) is 14.2 Å². The van der Waals surface area contributed by atoms with E-state index in [1.54, 1.807) is 6.07 Å². The summed E-state index contributed by atoms with van der Waals surface area (Å²) in [4.78, 5) is 32.0. The first kappa shape index (κ1) is 17.1. The SMILES string of the molecule is CCc1cc2c(=O)n(CC(=O)c3cc4ccccc4o3)c(SC)nc2s1. The first-order valence-electron chi connectivity index (χ1n) is 8.19. The predicted octanol–water partition coefficient (Wildman–Crippen LogP) is 4.37. The first-order valence-corrected chi connectivity index (χ1v) is 10.2. The molecule has 4 rings (SSSR count). The van der Waals surface area contributed by atoms with E-state index in [9.17, 15) is 9.59 Å². The fourth-order valence-electron chi connectivity index (χ4n) is 2.86. The second-order valence-corrected chi connectivity index (χ2v) is 7.74. The van der Waals surface area contributed by atoms with Crippen molar-refractivity contribution in [3.8, 4) is 0 Å². The van der Waals surface area contributed by atoms with Crippen LogP contribution in [-0.4, -0.2) is 21.6 Å². The zero-order valence-electron chi connectivity index (χ0n) is 14.3. The third-order valence-corrected chi connectivity index (χ3v) is 6.05. The van der Waals surface area contributed by atoms with E-state index < -0.39 is 0 Å². The summed E-state index contributed by atoms with van der Waals surface area (Å²) in [7, 11) is 0. The molecule has 1 aromatic carbocycles. The standard InChI is InChI=1S/C19H16N2O3S2/c1-3-12-9-13-17(26-12)20-19(25-2)21(18(13)23)10-14(22)16-8-11-6-4-5-7-15(11)24-16/h4-9H,3,10H2,1-2H3. The van der Waals surface area contributed by atoms with Gasteiger partial charge in [-0.15, -0.1) is 11.3 Å². The molecule has 0 N–H and O–H groups in total. The van der Waals surface area contributed by atoms with Crippen molar-refractivity contribution < 1.29 is 9.21 Å². The van der Waals surface area contributed by atoms with Gasteiger partial charge in [0.1, 0.15) is 10.4 Å². The lowest BCUT2D eigenvalue weighted by Crippen LogP contribution is -2.26. The van der Waals surface area contributed by atoms with Gasteiger partial charge in [0.05, 0.1) is 11.9 Å². The van der Waals surface area contributed by atoms with Crippen LogP contribution in [0.3, 0.4) is 0 Å². The Hall–Kier alpha value is -2.38. The summed E-state index contributed by atoms with van der Waals surface area (Å²) >= 11 is 2.89. The number of nitrogens with zero attached hydrogens (tertiary/aromatic N) is 2. The fourth-order valence-corrected chi connectivity index (χ4v) is 4.42. The number of thioether (sulfide) groups is 1. The van der Waals surface area contributed by atoms with Gasteiger partial charge in [0.2, 0.25) is 5.78 Å². The maximum absolute atomic E-state index is 12.9. The third-order valence-electron chi connectivity index (χ3n) is 4.20. The van der Waals surface area contributed by atoms with E-state index in [1.807, 2.05) is 43.5 Å². The van der Waals surface area contributed by atoms with E-state index in [2.05, 4.69) is 4.98 Å². The summed E-state index contributed by atoms with van der Waals surface area (Å²) in [5.41, 5.74) is 0.479. The van der Waals surface area contributed by atoms with Gasteiger partial charge in [0, 0.05) is 10.3 Å². The normalized spacial score (nSPS) is 11.5. The number of hydrogen-bond acceptors (Lipinski definition) is 6. The summed E-state index contributed by atoms with van der Waals surface area (Å²) in [6.45, 7) is 1.96. The molecule has 5 nitrogen and oxygen atoms in total. The zero-order chi connectivity index (χ0) is 18.3. The summed E-state index contributed by atoms with van der Waals surface area (Å²) in [6.07, 6.45) is 2.71. The van der Waals surface area contributed by atoms with E-state index in [4.69, 9.17) is 4.42 Å². The maximum atomic E-state index is 12.9. The monoisotopic (exact) mass is 384 g/mol. The number of carbonyl (C=O) groups excluding carboxylic acids is 1. The number of ketones is 1. The highest BCUT2D eigenvalue weighted by Crippen LogP contribution is 2.25. The van der Waals surface area contributed by atoms with Crippen molar-refractivity contribution in [1.29, 1.82) is 0 Å². The van der Waals surface area contributed by atoms with Gasteiger partial charge >= 0.3 is 0 Å². The molecule has 0 fully saturated rings. The lowest BCUT2D eigenvalue weighted by Gasteiger charge is -2.08. The van der Waals surface area contributed by atoms with Crippen molar-refractivity contribution in [1.82, 2.24) is 9.55 Å². The Morgan fingerprint density at radius 1 is 1.31 bits per heavy atom. The highest BCUT2D eigenvalue weighted by Gasteiger charge is 2.18. The molecule has 0 spiro atoms. The Labute approximate surface area is 157 Å². The van der Waals surface area contributed by atoms with Crippen molar-refractivity contribution in [2.75, 3.05) is 6.26 Å². The molecule has 0 bridgehead atoms. The first-order chi connectivity index (χ1) is 12.6. The lowest BCUT2D eigenvalue weighted by molar-refractivity contribution is 0.0942. The molecule has 0 aliphatic carbocycles. The van der Waals surface area contributed by atoms with Gasteiger partial charge in [-0.1, -0.05) is 36.9 Å². The number of aryl methyl sites for hydroxylation is 1. The van der Waals surface area contributed by atoms with Gasteiger partial charge < -0.3 is 4.42 Å². The molecule has 0 aliphatic heterocycles. The number of para-hydroxylation sites is 1. The molecular formula is C19H16N2O3S2. The van der Waals surface area contributed by atoms with Crippen LogP contribution in [0.25, 0.3) is 21.2 Å². The molecule has 3 aromatic heterocycles. The van der Waals surface area contributed by atoms with Gasteiger partial charge in [0.25, 0.3) is 5.56 Å². The number of carbonyl (C=O) groups is 1. The number of furan rings is 1. The highest BCUT2D eigenvalue weighted by atomic mass is 32.2. The fraction of sp³-hybridized carbons (Fsp3) is 0.211. The highest BCUT2D eigenvalue weighted by molar-refractivity contribution is 7.98. The molecule has 132 valence electrons. The van der Waals surface area contributed by atoms with Crippen LogP contribution >= 0.6 is 23.1 Å². The number of hydrogen-bond donors (Lipinski definition) is 0. The molecule has 0 radical (unpaired) electrons. The molecule has 0 saturated carbocycles. The molecule has 0 aliphatic rings. The molecule has 0 saturated heterocycles. The second kappa shape index (κ2) is 6.74. The molecule has 7 heteroatoms. The van der Waals surface area contributed by atoms with Crippen molar-refractivity contribution in [2.45, 2.75) is 25.0 Å². The van der Waals surface area contributed by atoms with Crippen LogP contribution in [0.15, 0.2) is 50.8 Å². The Morgan fingerprint density at radius 2 is 2.12 bits per heavy atom. The van der Waals surface area contributed by atoms with Crippen LogP contribution in [0.5, 0.6) is 0 Å². The third kappa shape index (κ3) is 2.87. The summed E-state index contributed by atoms with van der Waals surface area (Å²) in [5.74, 6) is 0.00973. The Kier molecular flexibility index (Phi) is 4.42. The topological polar surface area (TPSA) is 65.1 Å². The van der Waals surface area contributed by atoms with E-state index in [0.29, 0.717) is 16.1 Å². The van der Waals surface area contributed by atoms with Crippen molar-refractivity contribution in [3.63, 3.8) is 0 Å². The van der Waals surface area contributed by atoms with Gasteiger partial charge in [-0.05, 0) is 30.9 Å². The number of thiophene rings is 1. The number of benzene rings is 1. The zero-order valence-corrected chi connectivity index (χ0v) is 15.9. The minimum atomic E-state index is -0.245. The summed E-state index contributed by atoms with van der Waals surface area (Å²) in [6, 6.07) is 11.0. The molecule has 26 heavy (non-hydrogen) atoms. The molecule has 0 atom stereocenters. The van der Waals surface area contributed by atoms with Crippen molar-refractivity contribution >= 4 is 50.1 Å². The summed E-state index contributed by atoms with van der Waals surface area (Å²) < 4.78 is 7.07. The van der Waals surface area contributed by atoms with E-state index in [1.165, 1.54) is 27.7 Å². The number of fused-ring (bicyclic) bond motifs is 2. The minimum absolute atomic E-state index is 0.0882. The maximum Gasteiger partial charge on any atom is 0.263 e. The quantitative estimate of drug-likeness (QED) is 0.290. The lowest BCUT2D eigenvalue weighted by atomic mass is 10.2. The molecule has 3 heterocycles.